The number of methoxy groups -OCH3 is 1. The second kappa shape index (κ2) is 10.7. The molecule has 0 saturated carbocycles. The van der Waals surface area contributed by atoms with Crippen LogP contribution in [-0.2, 0) is 11.3 Å². The van der Waals surface area contributed by atoms with Gasteiger partial charge in [-0.25, -0.2) is 0 Å². The van der Waals surface area contributed by atoms with E-state index in [1.807, 2.05) is 31.2 Å². The zero-order valence-electron chi connectivity index (χ0n) is 12.9. The van der Waals surface area contributed by atoms with E-state index in [4.69, 9.17) is 9.47 Å². The van der Waals surface area contributed by atoms with Crippen LogP contribution in [0.2, 0.25) is 0 Å². The number of rotatable bonds is 9. The van der Waals surface area contributed by atoms with Crippen LogP contribution >= 0.6 is 0 Å². The number of hydrogen-bond acceptors (Lipinski definition) is 3. The summed E-state index contributed by atoms with van der Waals surface area (Å²) < 4.78 is 10.9. The molecule has 0 bridgehead atoms. The smallest absolute Gasteiger partial charge is 0.191 e. The van der Waals surface area contributed by atoms with E-state index in [0.29, 0.717) is 26.3 Å². The maximum absolute atomic E-state index is 5.63. The van der Waals surface area contributed by atoms with Crippen LogP contribution in [0.25, 0.3) is 0 Å². The Hall–Kier alpha value is -2.01. The summed E-state index contributed by atoms with van der Waals surface area (Å²) in [6.45, 7) is 8.90. The van der Waals surface area contributed by atoms with Crippen molar-refractivity contribution < 1.29 is 9.47 Å². The maximum atomic E-state index is 5.63. The minimum atomic E-state index is 0.524. The van der Waals surface area contributed by atoms with Gasteiger partial charge in [-0.15, -0.1) is 6.58 Å². The fourth-order valence-electron chi connectivity index (χ4n) is 1.74. The third kappa shape index (κ3) is 6.81. The van der Waals surface area contributed by atoms with Crippen LogP contribution in [0.5, 0.6) is 5.75 Å². The summed E-state index contributed by atoms with van der Waals surface area (Å²) in [5.74, 6) is 1.63. The van der Waals surface area contributed by atoms with Crippen molar-refractivity contribution in [3.8, 4) is 5.75 Å². The van der Waals surface area contributed by atoms with Crippen LogP contribution in [0.3, 0.4) is 0 Å². The highest BCUT2D eigenvalue weighted by Gasteiger charge is 2.01. The van der Waals surface area contributed by atoms with Gasteiger partial charge in [0.25, 0.3) is 0 Å². The average Bonchev–Trinajstić information content (AvgIpc) is 2.52. The van der Waals surface area contributed by atoms with Gasteiger partial charge < -0.3 is 20.1 Å². The molecule has 1 rings (SSSR count). The normalized spacial score (nSPS) is 11.0. The van der Waals surface area contributed by atoms with Crippen LogP contribution in [0.4, 0.5) is 0 Å². The van der Waals surface area contributed by atoms with Crippen LogP contribution in [0.1, 0.15) is 12.5 Å². The van der Waals surface area contributed by atoms with Crippen molar-refractivity contribution in [2.45, 2.75) is 13.5 Å². The Morgan fingerprint density at radius 1 is 1.33 bits per heavy atom. The summed E-state index contributed by atoms with van der Waals surface area (Å²) in [4.78, 5) is 4.42. The fraction of sp³-hybridized carbons (Fsp3) is 0.438. The van der Waals surface area contributed by atoms with Gasteiger partial charge in [0, 0.05) is 18.7 Å². The van der Waals surface area contributed by atoms with Gasteiger partial charge in [-0.2, -0.15) is 0 Å². The molecular formula is C16H25N3O2. The molecule has 5 nitrogen and oxygen atoms in total. The van der Waals surface area contributed by atoms with Crippen molar-refractivity contribution in [2.24, 2.45) is 4.99 Å². The van der Waals surface area contributed by atoms with Crippen LogP contribution in [0.15, 0.2) is 41.9 Å². The second-order valence-electron chi connectivity index (χ2n) is 4.29. The molecule has 0 aliphatic rings. The number of nitrogens with zero attached hydrogens (tertiary/aromatic N) is 1. The zero-order valence-corrected chi connectivity index (χ0v) is 12.9. The van der Waals surface area contributed by atoms with Crippen LogP contribution < -0.4 is 15.4 Å². The third-order valence-corrected chi connectivity index (χ3v) is 2.71. The summed E-state index contributed by atoms with van der Waals surface area (Å²) in [5, 5.41) is 6.30. The van der Waals surface area contributed by atoms with Crippen molar-refractivity contribution >= 4 is 5.96 Å². The summed E-state index contributed by atoms with van der Waals surface area (Å²) in [6.07, 6.45) is 1.80. The lowest BCUT2D eigenvalue weighted by Crippen LogP contribution is -2.37. The van der Waals surface area contributed by atoms with Gasteiger partial charge in [-0.3, -0.25) is 4.99 Å². The van der Waals surface area contributed by atoms with Gasteiger partial charge in [0.05, 0.1) is 26.9 Å². The lowest BCUT2D eigenvalue weighted by atomic mass is 10.2. The van der Waals surface area contributed by atoms with Crippen molar-refractivity contribution in [2.75, 3.05) is 33.4 Å². The van der Waals surface area contributed by atoms with E-state index in [2.05, 4.69) is 22.2 Å². The molecule has 5 heteroatoms. The molecule has 1 aromatic carbocycles. The topological polar surface area (TPSA) is 54.9 Å². The third-order valence-electron chi connectivity index (χ3n) is 2.71. The molecule has 0 fully saturated rings. The number of hydrogen-bond donors (Lipinski definition) is 2. The van der Waals surface area contributed by atoms with Gasteiger partial charge in [-0.05, 0) is 13.0 Å². The summed E-state index contributed by atoms with van der Waals surface area (Å²) in [6, 6.07) is 7.85. The van der Waals surface area contributed by atoms with Crippen molar-refractivity contribution in [1.82, 2.24) is 10.6 Å². The van der Waals surface area contributed by atoms with E-state index in [9.17, 15) is 0 Å². The highest BCUT2D eigenvalue weighted by atomic mass is 16.5. The summed E-state index contributed by atoms with van der Waals surface area (Å²) in [5.41, 5.74) is 1.04. The van der Waals surface area contributed by atoms with Gasteiger partial charge >= 0.3 is 0 Å². The molecule has 0 aliphatic carbocycles. The molecule has 21 heavy (non-hydrogen) atoms. The molecule has 0 amide bonds. The maximum Gasteiger partial charge on any atom is 0.191 e. The molecule has 0 aromatic heterocycles. The first-order valence-electron chi connectivity index (χ1n) is 7.14. The molecular weight excluding hydrogens is 266 g/mol. The van der Waals surface area contributed by atoms with Gasteiger partial charge in [0.2, 0.25) is 0 Å². The standard InChI is InChI=1S/C16H25N3O2/c1-4-10-18-16(17-5-2)19-11-12-21-13-14-8-6-7-9-15(14)20-3/h4,6-9H,1,5,10-13H2,2-3H3,(H2,17,18,19). The predicted molar refractivity (Wildman–Crippen MR) is 86.8 cm³/mol. The predicted octanol–water partition coefficient (Wildman–Crippen LogP) is 1.95. The SMILES string of the molecule is C=CCNC(=NCCOCc1ccccc1OC)NCC. The zero-order chi connectivity index (χ0) is 15.3. The Labute approximate surface area is 127 Å². The number of aliphatic imine (C=N–C) groups is 1. The summed E-state index contributed by atoms with van der Waals surface area (Å²) in [7, 11) is 1.66. The van der Waals surface area contributed by atoms with Gasteiger partial charge in [-0.1, -0.05) is 24.3 Å². The molecule has 0 radical (unpaired) electrons. The number of ether oxygens (including phenoxy) is 2. The highest BCUT2D eigenvalue weighted by molar-refractivity contribution is 5.79. The average molecular weight is 291 g/mol. The van der Waals surface area contributed by atoms with E-state index in [-0.39, 0.29) is 0 Å². The van der Waals surface area contributed by atoms with Crippen molar-refractivity contribution in [3.63, 3.8) is 0 Å². The molecule has 2 N–H and O–H groups in total. The number of nitrogens with one attached hydrogen (secondary N) is 2. The van der Waals surface area contributed by atoms with E-state index >= 15 is 0 Å². The van der Waals surface area contributed by atoms with E-state index < -0.39 is 0 Å². The quantitative estimate of drug-likeness (QED) is 0.316. The first-order chi connectivity index (χ1) is 10.3. The minimum absolute atomic E-state index is 0.524. The van der Waals surface area contributed by atoms with E-state index in [0.717, 1.165) is 23.8 Å². The number of guanidine groups is 1. The van der Waals surface area contributed by atoms with Crippen molar-refractivity contribution in [1.29, 1.82) is 0 Å². The fourth-order valence-corrected chi connectivity index (χ4v) is 1.74. The Balaban J connectivity index is 2.33. The molecule has 116 valence electrons. The Morgan fingerprint density at radius 2 is 2.14 bits per heavy atom. The first-order valence-corrected chi connectivity index (χ1v) is 7.14. The lowest BCUT2D eigenvalue weighted by molar-refractivity contribution is 0.126. The molecule has 0 unspecified atom stereocenters. The lowest BCUT2D eigenvalue weighted by Gasteiger charge is -2.10. The van der Waals surface area contributed by atoms with Crippen molar-refractivity contribution in [3.05, 3.63) is 42.5 Å². The molecule has 1 aromatic rings. The van der Waals surface area contributed by atoms with E-state index in [1.165, 1.54) is 0 Å². The largest absolute Gasteiger partial charge is 0.496 e. The summed E-state index contributed by atoms with van der Waals surface area (Å²) >= 11 is 0. The Kier molecular flexibility index (Phi) is 8.72. The molecule has 0 heterocycles. The van der Waals surface area contributed by atoms with E-state index in [1.54, 1.807) is 13.2 Å². The highest BCUT2D eigenvalue weighted by Crippen LogP contribution is 2.17. The first kappa shape index (κ1) is 17.0. The van der Waals surface area contributed by atoms with Crippen LogP contribution in [0, 0.1) is 0 Å². The van der Waals surface area contributed by atoms with Gasteiger partial charge in [0.1, 0.15) is 5.75 Å². The monoisotopic (exact) mass is 291 g/mol. The Morgan fingerprint density at radius 3 is 2.86 bits per heavy atom. The molecule has 0 saturated heterocycles. The second-order valence-corrected chi connectivity index (χ2v) is 4.29. The number of para-hydroxylation sites is 1. The van der Waals surface area contributed by atoms with Crippen LogP contribution in [-0.4, -0.2) is 39.3 Å². The molecule has 0 atom stereocenters. The molecule has 0 spiro atoms. The Bertz CT molecular complexity index is 447. The van der Waals surface area contributed by atoms with Gasteiger partial charge in [0.15, 0.2) is 5.96 Å². The minimum Gasteiger partial charge on any atom is -0.496 e. The molecule has 0 aliphatic heterocycles. The number of benzene rings is 1.